The molecule has 0 spiro atoms. The Morgan fingerprint density at radius 2 is 2.06 bits per heavy atom. The van der Waals surface area contributed by atoms with Crippen molar-refractivity contribution in [3.05, 3.63) is 41.8 Å². The number of benzene rings is 1. The van der Waals surface area contributed by atoms with Crippen molar-refractivity contribution < 1.29 is 14.3 Å². The first-order valence-corrected chi connectivity index (χ1v) is 5.61. The first kappa shape index (κ1) is 13.9. The molecule has 5 heteroatoms. The van der Waals surface area contributed by atoms with Gasteiger partial charge in [-0.15, -0.1) is 0 Å². The second kappa shape index (κ2) is 5.95. The van der Waals surface area contributed by atoms with E-state index >= 15 is 0 Å². The third-order valence-electron chi connectivity index (χ3n) is 2.16. The predicted octanol–water partition coefficient (Wildman–Crippen LogP) is 2.95. The molecule has 0 amide bonds. The van der Waals surface area contributed by atoms with Gasteiger partial charge < -0.3 is 5.11 Å². The third-order valence-corrected chi connectivity index (χ3v) is 2.16. The molecule has 2 rings (SSSR count). The summed E-state index contributed by atoms with van der Waals surface area (Å²) in [6.07, 6.45) is 1.39. The van der Waals surface area contributed by atoms with Gasteiger partial charge in [0.15, 0.2) is 0 Å². The van der Waals surface area contributed by atoms with E-state index in [-0.39, 0.29) is 11.3 Å². The SMILES string of the molecule is CC.Cn1cc(C(=O)O)c(-c2cccc(F)c2)n1. The Bertz CT molecular complexity index is 550. The van der Waals surface area contributed by atoms with Crippen molar-refractivity contribution in [2.45, 2.75) is 13.8 Å². The van der Waals surface area contributed by atoms with Gasteiger partial charge in [0.2, 0.25) is 0 Å². The number of nitrogens with zero attached hydrogens (tertiary/aromatic N) is 2. The molecule has 1 aromatic carbocycles. The molecule has 0 atom stereocenters. The second-order valence-electron chi connectivity index (χ2n) is 3.38. The number of carbonyl (C=O) groups is 1. The van der Waals surface area contributed by atoms with E-state index in [4.69, 9.17) is 5.11 Å². The van der Waals surface area contributed by atoms with Crippen LogP contribution in [-0.2, 0) is 7.05 Å². The van der Waals surface area contributed by atoms with E-state index in [0.29, 0.717) is 5.56 Å². The zero-order chi connectivity index (χ0) is 13.7. The summed E-state index contributed by atoms with van der Waals surface area (Å²) in [6, 6.07) is 5.70. The summed E-state index contributed by atoms with van der Waals surface area (Å²) in [5, 5.41) is 13.0. The summed E-state index contributed by atoms with van der Waals surface area (Å²) in [5.41, 5.74) is 0.792. The van der Waals surface area contributed by atoms with Crippen molar-refractivity contribution >= 4 is 5.97 Å². The number of halogens is 1. The molecule has 0 aliphatic carbocycles. The molecular formula is C13H15FN2O2. The molecule has 18 heavy (non-hydrogen) atoms. The molecule has 0 unspecified atom stereocenters. The van der Waals surface area contributed by atoms with Crippen LogP contribution in [0.1, 0.15) is 24.2 Å². The molecule has 0 fully saturated rings. The number of hydrogen-bond acceptors (Lipinski definition) is 2. The van der Waals surface area contributed by atoms with Gasteiger partial charge in [-0.05, 0) is 12.1 Å². The maximum atomic E-state index is 13.0. The fraction of sp³-hybridized carbons (Fsp3) is 0.231. The van der Waals surface area contributed by atoms with Crippen LogP contribution in [0.3, 0.4) is 0 Å². The van der Waals surface area contributed by atoms with Crippen LogP contribution in [0.5, 0.6) is 0 Å². The Morgan fingerprint density at radius 1 is 1.39 bits per heavy atom. The van der Waals surface area contributed by atoms with E-state index in [0.717, 1.165) is 0 Å². The molecule has 0 aliphatic rings. The number of aryl methyl sites for hydroxylation is 1. The predicted molar refractivity (Wildman–Crippen MR) is 66.9 cm³/mol. The quantitative estimate of drug-likeness (QED) is 0.891. The minimum Gasteiger partial charge on any atom is -0.478 e. The van der Waals surface area contributed by atoms with Gasteiger partial charge in [0.1, 0.15) is 17.1 Å². The Kier molecular flexibility index (Phi) is 4.59. The maximum absolute atomic E-state index is 13.0. The van der Waals surface area contributed by atoms with Crippen LogP contribution in [0.15, 0.2) is 30.5 Å². The maximum Gasteiger partial charge on any atom is 0.339 e. The van der Waals surface area contributed by atoms with Gasteiger partial charge in [-0.3, -0.25) is 4.68 Å². The molecule has 2 aromatic rings. The van der Waals surface area contributed by atoms with Gasteiger partial charge in [-0.25, -0.2) is 9.18 Å². The Balaban J connectivity index is 0.000000771. The van der Waals surface area contributed by atoms with Crippen molar-refractivity contribution in [1.82, 2.24) is 9.78 Å². The smallest absolute Gasteiger partial charge is 0.339 e. The number of aromatic nitrogens is 2. The van der Waals surface area contributed by atoms with E-state index < -0.39 is 11.8 Å². The van der Waals surface area contributed by atoms with E-state index in [2.05, 4.69) is 5.10 Å². The summed E-state index contributed by atoms with van der Waals surface area (Å²) in [6.45, 7) is 4.00. The van der Waals surface area contributed by atoms with Crippen LogP contribution < -0.4 is 0 Å². The van der Waals surface area contributed by atoms with Crippen molar-refractivity contribution in [3.63, 3.8) is 0 Å². The van der Waals surface area contributed by atoms with Gasteiger partial charge in [0.05, 0.1) is 0 Å². The molecule has 0 aliphatic heterocycles. The number of rotatable bonds is 2. The first-order valence-electron chi connectivity index (χ1n) is 5.61. The van der Waals surface area contributed by atoms with Gasteiger partial charge in [0.25, 0.3) is 0 Å². The zero-order valence-electron chi connectivity index (χ0n) is 10.5. The van der Waals surface area contributed by atoms with Crippen LogP contribution in [0, 0.1) is 5.82 Å². The standard InChI is InChI=1S/C11H9FN2O2.C2H6/c1-14-6-9(11(15)16)10(13-14)7-3-2-4-8(12)5-7;1-2/h2-6H,1H3,(H,15,16);1-2H3. The van der Waals surface area contributed by atoms with E-state index in [1.54, 1.807) is 13.1 Å². The molecule has 0 radical (unpaired) electrons. The normalized spacial score (nSPS) is 9.56. The van der Waals surface area contributed by atoms with Gasteiger partial charge in [0, 0.05) is 18.8 Å². The average molecular weight is 250 g/mol. The lowest BCUT2D eigenvalue weighted by Crippen LogP contribution is -1.96. The highest BCUT2D eigenvalue weighted by molar-refractivity contribution is 5.94. The molecule has 1 heterocycles. The fourth-order valence-electron chi connectivity index (χ4n) is 1.49. The summed E-state index contributed by atoms with van der Waals surface area (Å²) >= 11 is 0. The Hall–Kier alpha value is -2.17. The topological polar surface area (TPSA) is 55.1 Å². The third kappa shape index (κ3) is 2.94. The summed E-state index contributed by atoms with van der Waals surface area (Å²) in [7, 11) is 1.62. The van der Waals surface area contributed by atoms with Crippen molar-refractivity contribution in [3.8, 4) is 11.3 Å². The molecule has 1 N–H and O–H groups in total. The van der Waals surface area contributed by atoms with Crippen molar-refractivity contribution in [1.29, 1.82) is 0 Å². The fourth-order valence-corrected chi connectivity index (χ4v) is 1.49. The van der Waals surface area contributed by atoms with Gasteiger partial charge >= 0.3 is 5.97 Å². The number of carboxylic acids is 1. The number of carboxylic acid groups (broad SMARTS) is 1. The van der Waals surface area contributed by atoms with Crippen molar-refractivity contribution in [2.75, 3.05) is 0 Å². The zero-order valence-corrected chi connectivity index (χ0v) is 10.5. The van der Waals surface area contributed by atoms with Crippen LogP contribution >= 0.6 is 0 Å². The van der Waals surface area contributed by atoms with E-state index in [9.17, 15) is 9.18 Å². The summed E-state index contributed by atoms with van der Waals surface area (Å²) < 4.78 is 14.4. The monoisotopic (exact) mass is 250 g/mol. The Morgan fingerprint density at radius 3 is 2.61 bits per heavy atom. The summed E-state index contributed by atoms with van der Waals surface area (Å²) in [5.74, 6) is -1.49. The number of hydrogen-bond donors (Lipinski definition) is 1. The lowest BCUT2D eigenvalue weighted by Gasteiger charge is -1.98. The van der Waals surface area contributed by atoms with E-state index in [1.165, 1.54) is 29.1 Å². The van der Waals surface area contributed by atoms with Gasteiger partial charge in [-0.1, -0.05) is 26.0 Å². The van der Waals surface area contributed by atoms with Crippen LogP contribution in [-0.4, -0.2) is 20.9 Å². The molecule has 4 nitrogen and oxygen atoms in total. The van der Waals surface area contributed by atoms with Crippen LogP contribution in [0.25, 0.3) is 11.3 Å². The molecule has 96 valence electrons. The molecule has 0 saturated heterocycles. The first-order chi connectivity index (χ1) is 8.58. The lowest BCUT2D eigenvalue weighted by molar-refractivity contribution is 0.0697. The Labute approximate surface area is 105 Å². The summed E-state index contributed by atoms with van der Waals surface area (Å²) in [4.78, 5) is 10.9. The van der Waals surface area contributed by atoms with Crippen LogP contribution in [0.4, 0.5) is 4.39 Å². The minimum atomic E-state index is -1.08. The average Bonchev–Trinajstić information content (AvgIpc) is 2.74. The highest BCUT2D eigenvalue weighted by Gasteiger charge is 2.16. The lowest BCUT2D eigenvalue weighted by atomic mass is 10.1. The number of aromatic carboxylic acids is 1. The highest BCUT2D eigenvalue weighted by atomic mass is 19.1. The molecular weight excluding hydrogens is 235 g/mol. The molecule has 0 saturated carbocycles. The van der Waals surface area contributed by atoms with Crippen LogP contribution in [0.2, 0.25) is 0 Å². The van der Waals surface area contributed by atoms with Gasteiger partial charge in [-0.2, -0.15) is 5.10 Å². The van der Waals surface area contributed by atoms with Crippen molar-refractivity contribution in [2.24, 2.45) is 7.05 Å². The molecule has 0 bridgehead atoms. The highest BCUT2D eigenvalue weighted by Crippen LogP contribution is 2.22. The second-order valence-corrected chi connectivity index (χ2v) is 3.38. The van der Waals surface area contributed by atoms with E-state index in [1.807, 2.05) is 13.8 Å². The molecule has 1 aromatic heterocycles. The minimum absolute atomic E-state index is 0.0631. The largest absolute Gasteiger partial charge is 0.478 e.